The number of pyridine rings is 1. The highest BCUT2D eigenvalue weighted by molar-refractivity contribution is 5.98. The number of nitro groups is 1. The van der Waals surface area contributed by atoms with Crippen LogP contribution in [-0.4, -0.2) is 54.7 Å². The summed E-state index contributed by atoms with van der Waals surface area (Å²) >= 11 is 0. The molecule has 0 atom stereocenters. The lowest BCUT2D eigenvalue weighted by atomic mass is 10.1. The third-order valence-corrected chi connectivity index (χ3v) is 7.43. The molecule has 1 aromatic carbocycles. The van der Waals surface area contributed by atoms with Gasteiger partial charge in [0.2, 0.25) is 6.79 Å². The van der Waals surface area contributed by atoms with Crippen LogP contribution >= 0.6 is 0 Å². The quantitative estimate of drug-likeness (QED) is 0.251. The van der Waals surface area contributed by atoms with Crippen LogP contribution in [-0.2, 0) is 30.2 Å². The number of aryl methyl sites for hydroxylation is 2. The number of carbonyl (C=O) groups excluding carboxylic acids is 1. The first-order valence-corrected chi connectivity index (χ1v) is 12.9. The highest BCUT2D eigenvalue weighted by atomic mass is 16.7. The van der Waals surface area contributed by atoms with Crippen LogP contribution in [0, 0.1) is 17.0 Å². The van der Waals surface area contributed by atoms with Gasteiger partial charge in [0.05, 0.1) is 30.0 Å². The minimum atomic E-state index is -0.793. The summed E-state index contributed by atoms with van der Waals surface area (Å²) in [5, 5.41) is 11.2. The third kappa shape index (κ3) is 4.53. The van der Waals surface area contributed by atoms with Crippen LogP contribution in [0.15, 0.2) is 35.4 Å². The minimum Gasteiger partial charge on any atom is -0.454 e. The molecule has 4 aromatic rings. The van der Waals surface area contributed by atoms with Crippen LogP contribution in [0.1, 0.15) is 30.1 Å². The fraction of sp³-hybridized carbons (Fsp3) is 0.385. The average Bonchev–Trinajstić information content (AvgIpc) is 3.64. The number of aromatic nitrogens is 5. The van der Waals surface area contributed by atoms with Crippen molar-refractivity contribution in [1.82, 2.24) is 23.7 Å². The normalized spacial score (nSPS) is 14.9. The Morgan fingerprint density at radius 1 is 1.10 bits per heavy atom. The molecule has 1 amide bonds. The summed E-state index contributed by atoms with van der Waals surface area (Å²) in [5.41, 5.74) is 2.48. The van der Waals surface area contributed by atoms with Crippen molar-refractivity contribution in [2.24, 2.45) is 14.1 Å². The van der Waals surface area contributed by atoms with Gasteiger partial charge in [-0.25, -0.2) is 24.0 Å². The molecule has 2 aliphatic heterocycles. The summed E-state index contributed by atoms with van der Waals surface area (Å²) in [5.74, 6) is 0.834. The van der Waals surface area contributed by atoms with E-state index < -0.39 is 11.0 Å². The van der Waals surface area contributed by atoms with Crippen LogP contribution in [0.3, 0.4) is 0 Å². The van der Waals surface area contributed by atoms with Crippen molar-refractivity contribution < 1.29 is 28.7 Å². The number of hydrogen-bond donors (Lipinski definition) is 0. The van der Waals surface area contributed by atoms with Crippen LogP contribution in [0.4, 0.5) is 22.2 Å². The van der Waals surface area contributed by atoms with E-state index in [0.717, 1.165) is 0 Å². The van der Waals surface area contributed by atoms with Gasteiger partial charge in [-0.15, -0.1) is 0 Å². The number of ether oxygens (including phenoxy) is 4. The number of carbonyl (C=O) groups is 1. The van der Waals surface area contributed by atoms with Gasteiger partial charge in [-0.3, -0.25) is 9.13 Å². The van der Waals surface area contributed by atoms with Crippen molar-refractivity contribution >= 4 is 34.6 Å². The van der Waals surface area contributed by atoms with Crippen molar-refractivity contribution in [3.63, 3.8) is 0 Å². The molecule has 3 aromatic heterocycles. The molecule has 15 nitrogen and oxygen atoms in total. The Bertz CT molecular complexity index is 1730. The van der Waals surface area contributed by atoms with Gasteiger partial charge in [-0.2, -0.15) is 0 Å². The molecule has 214 valence electrons. The Kier molecular flexibility index (Phi) is 6.57. The van der Waals surface area contributed by atoms with Gasteiger partial charge in [0, 0.05) is 38.4 Å². The van der Waals surface area contributed by atoms with Gasteiger partial charge in [-0.1, -0.05) is 4.98 Å². The number of nitrogens with zero attached hydrogens (tertiary/aromatic N) is 7. The molecule has 15 heteroatoms. The Hall–Kier alpha value is -4.92. The predicted molar refractivity (Wildman–Crippen MR) is 144 cm³/mol. The number of fused-ring (bicyclic) bond motifs is 2. The second-order valence-corrected chi connectivity index (χ2v) is 9.83. The van der Waals surface area contributed by atoms with Gasteiger partial charge < -0.3 is 29.1 Å². The van der Waals surface area contributed by atoms with Crippen LogP contribution in [0.25, 0.3) is 11.0 Å². The van der Waals surface area contributed by atoms with E-state index in [-0.39, 0.29) is 36.9 Å². The third-order valence-electron chi connectivity index (χ3n) is 7.43. The van der Waals surface area contributed by atoms with Crippen molar-refractivity contribution in [3.05, 3.63) is 62.4 Å². The van der Waals surface area contributed by atoms with Crippen LogP contribution in [0.5, 0.6) is 11.5 Å². The fourth-order valence-corrected chi connectivity index (χ4v) is 5.19. The minimum absolute atomic E-state index is 0.0492. The van der Waals surface area contributed by atoms with E-state index in [9.17, 15) is 19.7 Å². The molecule has 0 spiro atoms. The lowest BCUT2D eigenvalue weighted by Crippen LogP contribution is -2.30. The summed E-state index contributed by atoms with van der Waals surface area (Å²) in [6.45, 7) is 2.67. The molecular formula is C26H27N7O8. The average molecular weight is 566 g/mol. The second kappa shape index (κ2) is 10.2. The number of benzene rings is 1. The maximum atomic E-state index is 13.8. The number of hydrogen-bond acceptors (Lipinski definition) is 10. The largest absolute Gasteiger partial charge is 0.454 e. The highest BCUT2D eigenvalue weighted by Gasteiger charge is 2.29. The monoisotopic (exact) mass is 565 g/mol. The zero-order valence-corrected chi connectivity index (χ0v) is 22.6. The van der Waals surface area contributed by atoms with Crippen molar-refractivity contribution in [1.29, 1.82) is 0 Å². The number of rotatable bonds is 6. The summed E-state index contributed by atoms with van der Waals surface area (Å²) < 4.78 is 26.7. The Labute approximate surface area is 232 Å². The topological polar surface area (TPSA) is 158 Å². The predicted octanol–water partition coefficient (Wildman–Crippen LogP) is 3.24. The van der Waals surface area contributed by atoms with Gasteiger partial charge >= 0.3 is 17.7 Å². The molecule has 5 heterocycles. The van der Waals surface area contributed by atoms with E-state index in [2.05, 4.69) is 9.97 Å². The second-order valence-electron chi connectivity index (χ2n) is 9.83. The van der Waals surface area contributed by atoms with E-state index in [4.69, 9.17) is 18.9 Å². The van der Waals surface area contributed by atoms with E-state index in [1.807, 2.05) is 0 Å². The number of amides is 1. The molecule has 0 bridgehead atoms. The highest BCUT2D eigenvalue weighted by Crippen LogP contribution is 2.40. The van der Waals surface area contributed by atoms with E-state index in [1.54, 1.807) is 42.9 Å². The van der Waals surface area contributed by atoms with Gasteiger partial charge in [0.25, 0.3) is 0 Å². The number of imidazole rings is 2. The maximum Gasteiger partial charge on any atom is 0.434 e. The molecule has 1 saturated heterocycles. The Morgan fingerprint density at radius 3 is 2.54 bits per heavy atom. The summed E-state index contributed by atoms with van der Waals surface area (Å²) in [6, 6.07) is 5.04. The first kappa shape index (κ1) is 26.3. The zero-order chi connectivity index (χ0) is 28.8. The zero-order valence-electron chi connectivity index (χ0n) is 22.6. The molecule has 0 aliphatic carbocycles. The maximum absolute atomic E-state index is 13.8. The molecular weight excluding hydrogens is 538 g/mol. The molecule has 0 unspecified atom stereocenters. The lowest BCUT2D eigenvalue weighted by Gasteiger charge is -2.25. The van der Waals surface area contributed by atoms with Gasteiger partial charge in [0.15, 0.2) is 23.8 Å². The van der Waals surface area contributed by atoms with E-state index in [1.165, 1.54) is 27.3 Å². The molecule has 6 rings (SSSR count). The fourth-order valence-electron chi connectivity index (χ4n) is 5.19. The summed E-state index contributed by atoms with van der Waals surface area (Å²) in [6.07, 6.45) is 3.40. The van der Waals surface area contributed by atoms with E-state index in [0.29, 0.717) is 65.5 Å². The lowest BCUT2D eigenvalue weighted by molar-refractivity contribution is -0.396. The molecule has 2 aliphatic rings. The summed E-state index contributed by atoms with van der Waals surface area (Å²) in [7, 11) is 3.15. The van der Waals surface area contributed by atoms with Crippen molar-refractivity contribution in [3.8, 4) is 11.5 Å². The molecule has 0 saturated carbocycles. The van der Waals surface area contributed by atoms with Gasteiger partial charge in [-0.05, 0) is 36.3 Å². The molecule has 1 fully saturated rings. The van der Waals surface area contributed by atoms with Crippen molar-refractivity contribution in [2.45, 2.75) is 32.4 Å². The molecule has 0 N–H and O–H groups in total. The Balaban J connectivity index is 1.43. The van der Waals surface area contributed by atoms with Crippen LogP contribution in [0.2, 0.25) is 0 Å². The van der Waals surface area contributed by atoms with Crippen molar-refractivity contribution in [2.75, 3.05) is 24.9 Å². The Morgan fingerprint density at radius 2 is 1.83 bits per heavy atom. The molecule has 41 heavy (non-hydrogen) atoms. The summed E-state index contributed by atoms with van der Waals surface area (Å²) in [4.78, 5) is 47.2. The first-order chi connectivity index (χ1) is 19.7. The first-order valence-electron chi connectivity index (χ1n) is 12.9. The molecule has 0 radical (unpaired) electrons. The number of anilines is 2. The van der Waals surface area contributed by atoms with E-state index >= 15 is 0 Å². The van der Waals surface area contributed by atoms with Gasteiger partial charge in [0.1, 0.15) is 12.0 Å². The smallest absolute Gasteiger partial charge is 0.434 e. The van der Waals surface area contributed by atoms with Crippen LogP contribution < -0.4 is 20.1 Å². The SMILES string of the molecule is Cc1cc2c(cc1N(C(=O)OCc1cnc([N+](=O)[O-])n1C)c1cc3c(cn1)n(C)c(=O)n3C1CCOCC1)OCO2. The standard InChI is InChI=1S/C26H27N7O8/c1-15-8-21-22(41-14-40-21)9-18(15)32(26(35)39-13-17-11-28-24(29(17)2)33(36)37)23-10-19-20(12-27-23)30(3)25(34)31(19)16-4-6-38-7-5-16/h8-12,16H,4-7,13-14H2,1-3H3.